The second kappa shape index (κ2) is 11.7. The number of aliphatic hydroxyl groups is 1. The summed E-state index contributed by atoms with van der Waals surface area (Å²) >= 11 is 0. The van der Waals surface area contributed by atoms with Crippen molar-refractivity contribution >= 4 is 5.91 Å². The number of ether oxygens (including phenoxy) is 2. The van der Waals surface area contributed by atoms with Gasteiger partial charge in [-0.05, 0) is 43.0 Å². The van der Waals surface area contributed by atoms with Gasteiger partial charge >= 0.3 is 6.18 Å². The molecule has 0 aliphatic carbocycles. The third kappa shape index (κ3) is 7.06. The number of hydrogen-bond acceptors (Lipinski definition) is 5. The minimum absolute atomic E-state index is 0.0789. The highest BCUT2D eigenvalue weighted by molar-refractivity contribution is 5.77. The summed E-state index contributed by atoms with van der Waals surface area (Å²) in [6, 6.07) is 14.7. The summed E-state index contributed by atoms with van der Waals surface area (Å²) in [5.41, 5.74) is 1.07. The van der Waals surface area contributed by atoms with Crippen LogP contribution in [0.5, 0.6) is 0 Å². The second-order valence-corrected chi connectivity index (χ2v) is 9.66. The molecule has 2 aromatic carbocycles. The molecule has 2 N–H and O–H groups in total. The fourth-order valence-electron chi connectivity index (χ4n) is 4.99. The average molecular weight is 507 g/mol. The van der Waals surface area contributed by atoms with E-state index in [1.165, 1.54) is 12.1 Å². The molecule has 0 spiro atoms. The number of β-amino-alcohol motifs (C(OH)–C–C–N with tert-alkyl or cyclic N) is 1. The molecule has 0 bridgehead atoms. The number of halogens is 3. The number of nitrogens with zero attached hydrogens (tertiary/aromatic N) is 1. The number of alkyl halides is 3. The fourth-order valence-corrected chi connectivity index (χ4v) is 4.99. The fraction of sp³-hybridized carbons (Fsp3) is 0.519. The van der Waals surface area contributed by atoms with Crippen LogP contribution in [0.25, 0.3) is 0 Å². The molecule has 0 saturated carbocycles. The lowest BCUT2D eigenvalue weighted by Crippen LogP contribution is -2.55. The van der Waals surface area contributed by atoms with Gasteiger partial charge in [0.25, 0.3) is 0 Å². The standard InChI is InChI=1S/C27H33F3N2O4/c1-18(20-5-3-2-4-6-20)31-26(34)13-23-11-12-24-25(36-23)17-35-16-22(33)15-32(24)14-19-7-9-21(10-8-19)27(28,29)30/h2-10,18,22-25,33H,11-17H2,1H3,(H,31,34)/t18-,22-,23-,24+,25-/m1/s1. The van der Waals surface area contributed by atoms with Crippen LogP contribution in [-0.2, 0) is 27.0 Å². The average Bonchev–Trinajstić information content (AvgIpc) is 2.83. The SMILES string of the molecule is C[C@@H](NC(=O)C[C@H]1CC[C@H]2[C@@H](COC[C@H](O)CN2Cc2ccc(C(F)(F)F)cc2)O1)c1ccccc1. The lowest BCUT2D eigenvalue weighted by atomic mass is 9.94. The van der Waals surface area contributed by atoms with Gasteiger partial charge in [-0.2, -0.15) is 13.2 Å². The molecule has 0 unspecified atom stereocenters. The predicted octanol–water partition coefficient (Wildman–Crippen LogP) is 4.08. The molecule has 1 amide bonds. The van der Waals surface area contributed by atoms with E-state index < -0.39 is 17.8 Å². The first-order valence-corrected chi connectivity index (χ1v) is 12.3. The molecule has 2 aliphatic heterocycles. The Morgan fingerprint density at radius 1 is 1.11 bits per heavy atom. The lowest BCUT2D eigenvalue weighted by molar-refractivity contribution is -0.158. The summed E-state index contributed by atoms with van der Waals surface area (Å²) in [6.45, 7) is 3.09. The number of benzene rings is 2. The zero-order chi connectivity index (χ0) is 25.7. The van der Waals surface area contributed by atoms with E-state index in [4.69, 9.17) is 9.47 Å². The molecular weight excluding hydrogens is 473 g/mol. The van der Waals surface area contributed by atoms with Crippen molar-refractivity contribution in [2.45, 2.75) is 69.3 Å². The van der Waals surface area contributed by atoms with Crippen LogP contribution in [0.4, 0.5) is 13.2 Å². The largest absolute Gasteiger partial charge is 0.416 e. The van der Waals surface area contributed by atoms with Crippen LogP contribution in [-0.4, -0.2) is 60.0 Å². The molecule has 196 valence electrons. The molecular formula is C27H33F3N2O4. The molecule has 36 heavy (non-hydrogen) atoms. The van der Waals surface area contributed by atoms with Gasteiger partial charge in [-0.1, -0.05) is 42.5 Å². The molecule has 2 heterocycles. The van der Waals surface area contributed by atoms with Crippen LogP contribution >= 0.6 is 0 Å². The number of carbonyl (C=O) groups excluding carboxylic acids is 1. The number of aliphatic hydroxyl groups excluding tert-OH is 1. The molecule has 0 aromatic heterocycles. The first kappa shape index (κ1) is 26.6. The van der Waals surface area contributed by atoms with Crippen LogP contribution in [0.3, 0.4) is 0 Å². The van der Waals surface area contributed by atoms with Crippen molar-refractivity contribution in [2.75, 3.05) is 19.8 Å². The van der Waals surface area contributed by atoms with Crippen molar-refractivity contribution in [3.63, 3.8) is 0 Å². The highest BCUT2D eigenvalue weighted by Gasteiger charge is 2.38. The molecule has 6 nitrogen and oxygen atoms in total. The Kier molecular flexibility index (Phi) is 8.66. The van der Waals surface area contributed by atoms with Crippen LogP contribution in [0.1, 0.15) is 48.9 Å². The number of amides is 1. The first-order valence-electron chi connectivity index (χ1n) is 12.3. The van der Waals surface area contributed by atoms with Crippen LogP contribution < -0.4 is 5.32 Å². The highest BCUT2D eigenvalue weighted by Crippen LogP contribution is 2.31. The van der Waals surface area contributed by atoms with Crippen LogP contribution in [0.15, 0.2) is 54.6 Å². The van der Waals surface area contributed by atoms with Gasteiger partial charge in [0.2, 0.25) is 5.91 Å². The van der Waals surface area contributed by atoms with E-state index in [0.29, 0.717) is 19.5 Å². The number of carbonyl (C=O) groups is 1. The quantitative estimate of drug-likeness (QED) is 0.618. The molecule has 2 saturated heterocycles. The van der Waals surface area contributed by atoms with Gasteiger partial charge in [-0.15, -0.1) is 0 Å². The smallest absolute Gasteiger partial charge is 0.389 e. The van der Waals surface area contributed by atoms with E-state index in [-0.39, 0.29) is 49.8 Å². The normalized spacial score (nSPS) is 26.4. The van der Waals surface area contributed by atoms with Crippen LogP contribution in [0.2, 0.25) is 0 Å². The van der Waals surface area contributed by atoms with E-state index in [2.05, 4.69) is 10.2 Å². The zero-order valence-electron chi connectivity index (χ0n) is 20.3. The maximum absolute atomic E-state index is 12.9. The van der Waals surface area contributed by atoms with E-state index in [0.717, 1.165) is 29.7 Å². The zero-order valence-corrected chi connectivity index (χ0v) is 20.3. The third-order valence-electron chi connectivity index (χ3n) is 6.84. The minimum Gasteiger partial charge on any atom is -0.389 e. The predicted molar refractivity (Wildman–Crippen MR) is 128 cm³/mol. The summed E-state index contributed by atoms with van der Waals surface area (Å²) in [4.78, 5) is 14.7. The van der Waals surface area contributed by atoms with E-state index >= 15 is 0 Å². The van der Waals surface area contributed by atoms with Crippen molar-refractivity contribution in [1.82, 2.24) is 10.2 Å². The number of hydrogen-bond donors (Lipinski definition) is 2. The Hall–Kier alpha value is -2.46. The second-order valence-electron chi connectivity index (χ2n) is 9.66. The van der Waals surface area contributed by atoms with Crippen molar-refractivity contribution in [1.29, 1.82) is 0 Å². The lowest BCUT2D eigenvalue weighted by Gasteiger charge is -2.44. The number of nitrogens with one attached hydrogen (secondary N) is 1. The van der Waals surface area contributed by atoms with Gasteiger partial charge in [-0.3, -0.25) is 9.69 Å². The Morgan fingerprint density at radius 3 is 2.53 bits per heavy atom. The molecule has 2 fully saturated rings. The minimum atomic E-state index is -4.38. The summed E-state index contributed by atoms with van der Waals surface area (Å²) in [5.74, 6) is -0.0846. The van der Waals surface area contributed by atoms with Crippen LogP contribution in [0, 0.1) is 0 Å². The van der Waals surface area contributed by atoms with Crippen molar-refractivity contribution in [2.24, 2.45) is 0 Å². The molecule has 0 radical (unpaired) electrons. The summed E-state index contributed by atoms with van der Waals surface area (Å²) < 4.78 is 50.7. The van der Waals surface area contributed by atoms with E-state index in [1.54, 1.807) is 0 Å². The van der Waals surface area contributed by atoms with Gasteiger partial charge in [0.1, 0.15) is 0 Å². The molecule has 4 rings (SSSR count). The monoisotopic (exact) mass is 506 g/mol. The van der Waals surface area contributed by atoms with Gasteiger partial charge in [0, 0.05) is 19.1 Å². The Bertz CT molecular complexity index is 987. The highest BCUT2D eigenvalue weighted by atomic mass is 19.4. The molecule has 9 heteroatoms. The number of rotatable bonds is 6. The van der Waals surface area contributed by atoms with Crippen molar-refractivity contribution in [3.05, 3.63) is 71.3 Å². The molecule has 2 aliphatic rings. The summed E-state index contributed by atoms with van der Waals surface area (Å²) in [5, 5.41) is 13.4. The van der Waals surface area contributed by atoms with Gasteiger partial charge in [-0.25, -0.2) is 0 Å². The van der Waals surface area contributed by atoms with E-state index in [9.17, 15) is 23.1 Å². The topological polar surface area (TPSA) is 71.0 Å². The number of fused-ring (bicyclic) bond motifs is 1. The maximum Gasteiger partial charge on any atom is 0.416 e. The maximum atomic E-state index is 12.9. The van der Waals surface area contributed by atoms with Crippen molar-refractivity contribution < 1.29 is 32.5 Å². The van der Waals surface area contributed by atoms with Gasteiger partial charge < -0.3 is 19.9 Å². The third-order valence-corrected chi connectivity index (χ3v) is 6.84. The summed E-state index contributed by atoms with van der Waals surface area (Å²) in [6.07, 6.45) is -4.01. The summed E-state index contributed by atoms with van der Waals surface area (Å²) in [7, 11) is 0. The molecule has 2 aromatic rings. The Labute approximate surface area is 209 Å². The van der Waals surface area contributed by atoms with Gasteiger partial charge in [0.05, 0.1) is 49.6 Å². The van der Waals surface area contributed by atoms with Crippen molar-refractivity contribution in [3.8, 4) is 0 Å². The molecule has 5 atom stereocenters. The van der Waals surface area contributed by atoms with E-state index in [1.807, 2.05) is 37.3 Å². The Balaban J connectivity index is 1.37. The first-order chi connectivity index (χ1) is 17.2. The van der Waals surface area contributed by atoms with Gasteiger partial charge in [0.15, 0.2) is 0 Å². The Morgan fingerprint density at radius 2 is 1.83 bits per heavy atom.